The first-order valence-corrected chi connectivity index (χ1v) is 7.58. The van der Waals surface area contributed by atoms with Gasteiger partial charge in [-0.05, 0) is 37.4 Å². The van der Waals surface area contributed by atoms with E-state index >= 15 is 0 Å². The molecule has 1 aliphatic carbocycles. The lowest BCUT2D eigenvalue weighted by Gasteiger charge is -2.39. The highest BCUT2D eigenvalue weighted by molar-refractivity contribution is 5.83. The lowest BCUT2D eigenvalue weighted by molar-refractivity contribution is -0.144. The predicted molar refractivity (Wildman–Crippen MR) is 78.0 cm³/mol. The van der Waals surface area contributed by atoms with Crippen LogP contribution >= 0.6 is 0 Å². The van der Waals surface area contributed by atoms with Crippen molar-refractivity contribution >= 4 is 5.91 Å². The summed E-state index contributed by atoms with van der Waals surface area (Å²) in [5, 5.41) is 3.44. The number of aromatic nitrogens is 1. The maximum absolute atomic E-state index is 13.0. The summed E-state index contributed by atoms with van der Waals surface area (Å²) in [7, 11) is 1.91. The summed E-state index contributed by atoms with van der Waals surface area (Å²) in [6.45, 7) is 2.46. The van der Waals surface area contributed by atoms with Gasteiger partial charge in [0.2, 0.25) is 5.91 Å². The largest absolute Gasteiger partial charge is 0.339 e. The van der Waals surface area contributed by atoms with E-state index in [0.717, 1.165) is 25.2 Å². The topological polar surface area (TPSA) is 45.2 Å². The Balaban J connectivity index is 1.74. The van der Waals surface area contributed by atoms with Crippen LogP contribution in [0.5, 0.6) is 0 Å². The smallest absolute Gasteiger partial charge is 0.230 e. The quantitative estimate of drug-likeness (QED) is 0.913. The van der Waals surface area contributed by atoms with Gasteiger partial charge in [-0.1, -0.05) is 18.9 Å². The Morgan fingerprint density at radius 3 is 3.20 bits per heavy atom. The van der Waals surface area contributed by atoms with E-state index in [1.807, 2.05) is 30.1 Å². The van der Waals surface area contributed by atoms with Crippen LogP contribution in [-0.4, -0.2) is 35.9 Å². The average Bonchev–Trinajstić information content (AvgIpc) is 2.92. The fourth-order valence-electron chi connectivity index (χ4n) is 3.85. The van der Waals surface area contributed by atoms with E-state index in [0.29, 0.717) is 18.4 Å². The van der Waals surface area contributed by atoms with E-state index in [1.54, 1.807) is 6.20 Å². The number of nitrogens with zero attached hydrogens (tertiary/aromatic N) is 2. The van der Waals surface area contributed by atoms with Gasteiger partial charge in [0, 0.05) is 19.8 Å². The molecule has 2 fully saturated rings. The Labute approximate surface area is 120 Å². The van der Waals surface area contributed by atoms with Crippen LogP contribution in [0.1, 0.15) is 31.4 Å². The molecule has 3 rings (SSSR count). The Morgan fingerprint density at radius 1 is 1.50 bits per heavy atom. The van der Waals surface area contributed by atoms with Crippen molar-refractivity contribution in [2.45, 2.75) is 32.2 Å². The Hall–Kier alpha value is -1.42. The lowest BCUT2D eigenvalue weighted by Crippen LogP contribution is -2.48. The molecule has 0 radical (unpaired) electrons. The van der Waals surface area contributed by atoms with Crippen molar-refractivity contribution in [2.24, 2.45) is 11.3 Å². The Morgan fingerprint density at radius 2 is 2.40 bits per heavy atom. The maximum Gasteiger partial charge on any atom is 0.230 e. The molecule has 1 N–H and O–H groups in total. The first kappa shape index (κ1) is 13.6. The zero-order valence-corrected chi connectivity index (χ0v) is 12.1. The van der Waals surface area contributed by atoms with Gasteiger partial charge in [-0.2, -0.15) is 0 Å². The molecule has 0 spiro atoms. The number of amides is 1. The van der Waals surface area contributed by atoms with Crippen molar-refractivity contribution in [3.63, 3.8) is 0 Å². The van der Waals surface area contributed by atoms with Gasteiger partial charge in [-0.3, -0.25) is 9.78 Å². The number of nitrogens with one attached hydrogen (secondary N) is 1. The molecule has 1 aromatic rings. The molecule has 0 bridgehead atoms. The van der Waals surface area contributed by atoms with Crippen LogP contribution in [0.4, 0.5) is 0 Å². The summed E-state index contributed by atoms with van der Waals surface area (Å²) in [5.41, 5.74) is 0.806. The maximum atomic E-state index is 13.0. The van der Waals surface area contributed by atoms with E-state index in [1.165, 1.54) is 19.3 Å². The predicted octanol–water partition coefficient (Wildman–Crippen LogP) is 1.82. The van der Waals surface area contributed by atoms with Crippen molar-refractivity contribution in [1.29, 1.82) is 0 Å². The number of carbonyl (C=O) groups excluding carboxylic acids is 1. The molecular weight excluding hydrogens is 250 g/mol. The summed E-state index contributed by atoms with van der Waals surface area (Å²) in [6, 6.07) is 5.86. The van der Waals surface area contributed by atoms with Crippen LogP contribution in [0.2, 0.25) is 0 Å². The van der Waals surface area contributed by atoms with E-state index in [4.69, 9.17) is 0 Å². The minimum Gasteiger partial charge on any atom is -0.339 e. The fourth-order valence-corrected chi connectivity index (χ4v) is 3.85. The lowest BCUT2D eigenvalue weighted by atomic mass is 9.67. The Bertz CT molecular complexity index is 476. The number of hydrogen-bond acceptors (Lipinski definition) is 3. The van der Waals surface area contributed by atoms with Crippen molar-refractivity contribution in [3.8, 4) is 0 Å². The molecule has 1 amide bonds. The zero-order valence-electron chi connectivity index (χ0n) is 12.1. The van der Waals surface area contributed by atoms with Gasteiger partial charge in [0.15, 0.2) is 0 Å². The SMILES string of the molecule is CN(Cc1ccccn1)C(=O)[C@@]12CCCC[C@H]1CNC2. The van der Waals surface area contributed by atoms with Crippen LogP contribution < -0.4 is 5.32 Å². The number of pyridine rings is 1. The molecule has 0 aromatic carbocycles. The average molecular weight is 273 g/mol. The molecule has 108 valence electrons. The second kappa shape index (κ2) is 5.52. The van der Waals surface area contributed by atoms with Crippen molar-refractivity contribution in [3.05, 3.63) is 30.1 Å². The van der Waals surface area contributed by atoms with Crippen molar-refractivity contribution in [1.82, 2.24) is 15.2 Å². The van der Waals surface area contributed by atoms with Gasteiger partial charge in [0.1, 0.15) is 0 Å². The molecule has 4 heteroatoms. The molecule has 1 aromatic heterocycles. The van der Waals surface area contributed by atoms with Crippen LogP contribution in [-0.2, 0) is 11.3 Å². The summed E-state index contributed by atoms with van der Waals surface area (Å²) in [4.78, 5) is 19.2. The third-order valence-electron chi connectivity index (χ3n) is 4.94. The minimum atomic E-state index is -0.151. The number of carbonyl (C=O) groups is 1. The second-order valence-electron chi connectivity index (χ2n) is 6.21. The van der Waals surface area contributed by atoms with Crippen LogP contribution in [0, 0.1) is 11.3 Å². The molecule has 4 nitrogen and oxygen atoms in total. The molecule has 1 saturated carbocycles. The fraction of sp³-hybridized carbons (Fsp3) is 0.625. The van der Waals surface area contributed by atoms with E-state index in [-0.39, 0.29) is 5.41 Å². The molecule has 1 saturated heterocycles. The Kier molecular flexibility index (Phi) is 3.74. The first-order chi connectivity index (χ1) is 9.72. The summed E-state index contributed by atoms with van der Waals surface area (Å²) in [6.07, 6.45) is 6.46. The number of fused-ring (bicyclic) bond motifs is 1. The normalized spacial score (nSPS) is 28.9. The minimum absolute atomic E-state index is 0.151. The van der Waals surface area contributed by atoms with E-state index in [2.05, 4.69) is 10.3 Å². The van der Waals surface area contributed by atoms with Gasteiger partial charge in [-0.15, -0.1) is 0 Å². The van der Waals surface area contributed by atoms with Gasteiger partial charge in [-0.25, -0.2) is 0 Å². The number of hydrogen-bond donors (Lipinski definition) is 1. The third-order valence-corrected chi connectivity index (χ3v) is 4.94. The van der Waals surface area contributed by atoms with Gasteiger partial charge in [0.25, 0.3) is 0 Å². The van der Waals surface area contributed by atoms with Crippen molar-refractivity contribution < 1.29 is 4.79 Å². The standard InChI is InChI=1S/C16H23N3O/c1-19(11-14-7-3-5-9-18-14)15(20)16-8-4-2-6-13(16)10-17-12-16/h3,5,7,9,13,17H,2,4,6,8,10-12H2,1H3/t13-,16+/m0/s1. The summed E-state index contributed by atoms with van der Waals surface area (Å²) >= 11 is 0. The summed E-state index contributed by atoms with van der Waals surface area (Å²) in [5.74, 6) is 0.827. The van der Waals surface area contributed by atoms with Gasteiger partial charge >= 0.3 is 0 Å². The van der Waals surface area contributed by atoms with E-state index < -0.39 is 0 Å². The van der Waals surface area contributed by atoms with E-state index in [9.17, 15) is 4.79 Å². The van der Waals surface area contributed by atoms with Gasteiger partial charge in [0.05, 0.1) is 17.7 Å². The molecule has 20 heavy (non-hydrogen) atoms. The second-order valence-corrected chi connectivity index (χ2v) is 6.21. The van der Waals surface area contributed by atoms with Crippen LogP contribution in [0.3, 0.4) is 0 Å². The molecule has 2 aliphatic rings. The summed E-state index contributed by atoms with van der Waals surface area (Å²) < 4.78 is 0. The zero-order chi connectivity index (χ0) is 14.0. The highest BCUT2D eigenvalue weighted by Crippen LogP contribution is 2.45. The first-order valence-electron chi connectivity index (χ1n) is 7.58. The molecular formula is C16H23N3O. The molecule has 0 unspecified atom stereocenters. The highest BCUT2D eigenvalue weighted by Gasteiger charge is 2.50. The van der Waals surface area contributed by atoms with Gasteiger partial charge < -0.3 is 10.2 Å². The van der Waals surface area contributed by atoms with Crippen LogP contribution in [0.25, 0.3) is 0 Å². The van der Waals surface area contributed by atoms with Crippen LogP contribution in [0.15, 0.2) is 24.4 Å². The number of rotatable bonds is 3. The molecule has 2 heterocycles. The molecule has 2 atom stereocenters. The van der Waals surface area contributed by atoms with Crippen molar-refractivity contribution in [2.75, 3.05) is 20.1 Å². The monoisotopic (exact) mass is 273 g/mol. The highest BCUT2D eigenvalue weighted by atomic mass is 16.2. The molecule has 1 aliphatic heterocycles. The third kappa shape index (κ3) is 2.33.